The Morgan fingerprint density at radius 2 is 2.04 bits per heavy atom. The highest BCUT2D eigenvalue weighted by molar-refractivity contribution is 7.92. The molecule has 8 heteroatoms. The number of ether oxygens (including phenoxy) is 1. The van der Waals surface area contributed by atoms with Gasteiger partial charge >= 0.3 is 0 Å². The van der Waals surface area contributed by atoms with Crippen LogP contribution in [-0.4, -0.2) is 38.2 Å². The van der Waals surface area contributed by atoms with Crippen molar-refractivity contribution in [2.75, 3.05) is 22.4 Å². The number of carbonyl (C=O) groups excluding carboxylic acids is 1. The minimum absolute atomic E-state index is 0.0897. The number of hydrogen-bond acceptors (Lipinski definition) is 5. The van der Waals surface area contributed by atoms with Gasteiger partial charge in [0.15, 0.2) is 6.10 Å². The van der Waals surface area contributed by atoms with Crippen molar-refractivity contribution in [2.45, 2.75) is 13.0 Å². The van der Waals surface area contributed by atoms with Crippen molar-refractivity contribution in [1.82, 2.24) is 4.98 Å². The number of amides is 1. The van der Waals surface area contributed by atoms with E-state index in [2.05, 4.69) is 10.3 Å². The third kappa shape index (κ3) is 3.18. The Morgan fingerprint density at radius 3 is 2.75 bits per heavy atom. The number of nitrogens with zero attached hydrogens (tertiary/aromatic N) is 2. The predicted octanol–water partition coefficient (Wildman–Crippen LogP) is 1.56. The van der Waals surface area contributed by atoms with E-state index in [0.717, 1.165) is 11.8 Å². The zero-order chi connectivity index (χ0) is 17.3. The Morgan fingerprint density at radius 1 is 1.29 bits per heavy atom. The lowest BCUT2D eigenvalue weighted by Gasteiger charge is -2.33. The van der Waals surface area contributed by atoms with Crippen LogP contribution in [0.1, 0.15) is 5.56 Å². The maximum absolute atomic E-state index is 12.5. The highest BCUT2D eigenvalue weighted by atomic mass is 32.2. The Kier molecular flexibility index (Phi) is 4.15. The van der Waals surface area contributed by atoms with E-state index in [-0.39, 0.29) is 6.54 Å². The topological polar surface area (TPSA) is 88.6 Å². The molecule has 7 nitrogen and oxygen atoms in total. The van der Waals surface area contributed by atoms with Crippen LogP contribution in [0.4, 0.5) is 11.5 Å². The molecule has 126 valence electrons. The molecular weight excluding hydrogens is 330 g/mol. The van der Waals surface area contributed by atoms with Crippen LogP contribution in [0.3, 0.4) is 0 Å². The lowest BCUT2D eigenvalue weighted by atomic mass is 10.2. The van der Waals surface area contributed by atoms with E-state index in [1.165, 1.54) is 4.31 Å². The SMILES string of the molecule is Cc1cccnc1NC(=O)[C@H]1CN(S(C)(=O)=O)c2ccccc2O1. The summed E-state index contributed by atoms with van der Waals surface area (Å²) >= 11 is 0. The van der Waals surface area contributed by atoms with Crippen molar-refractivity contribution < 1.29 is 17.9 Å². The molecule has 1 aliphatic heterocycles. The third-order valence-electron chi connectivity index (χ3n) is 3.68. The van der Waals surface area contributed by atoms with E-state index < -0.39 is 22.0 Å². The van der Waals surface area contributed by atoms with Gasteiger partial charge in [0.1, 0.15) is 11.6 Å². The van der Waals surface area contributed by atoms with Gasteiger partial charge in [0.05, 0.1) is 18.5 Å². The number of anilines is 2. The maximum atomic E-state index is 12.5. The van der Waals surface area contributed by atoms with E-state index in [0.29, 0.717) is 17.3 Å². The first kappa shape index (κ1) is 16.3. The molecule has 24 heavy (non-hydrogen) atoms. The molecule has 0 bridgehead atoms. The smallest absolute Gasteiger partial charge is 0.268 e. The monoisotopic (exact) mass is 347 g/mol. The van der Waals surface area contributed by atoms with Gasteiger partial charge in [-0.1, -0.05) is 18.2 Å². The number of rotatable bonds is 3. The Labute approximate surface area is 140 Å². The third-order valence-corrected chi connectivity index (χ3v) is 4.83. The molecular formula is C16H17N3O4S. The van der Waals surface area contributed by atoms with Gasteiger partial charge in [0, 0.05) is 6.20 Å². The van der Waals surface area contributed by atoms with E-state index in [4.69, 9.17) is 4.74 Å². The molecule has 1 aliphatic rings. The number of nitrogens with one attached hydrogen (secondary N) is 1. The molecule has 1 amide bonds. The minimum Gasteiger partial charge on any atom is -0.476 e. The highest BCUT2D eigenvalue weighted by Crippen LogP contribution is 2.34. The summed E-state index contributed by atoms with van der Waals surface area (Å²) in [6.07, 6.45) is 1.71. The molecule has 3 rings (SSSR count). The Bertz CT molecular complexity index is 882. The van der Waals surface area contributed by atoms with Crippen LogP contribution < -0.4 is 14.4 Å². The number of fused-ring (bicyclic) bond motifs is 1. The summed E-state index contributed by atoms with van der Waals surface area (Å²) in [5, 5.41) is 2.69. The first-order valence-electron chi connectivity index (χ1n) is 7.32. The lowest BCUT2D eigenvalue weighted by molar-refractivity contribution is -0.122. The number of pyridine rings is 1. The zero-order valence-corrected chi connectivity index (χ0v) is 14.1. The molecule has 0 aliphatic carbocycles. The number of aromatic nitrogens is 1. The fraction of sp³-hybridized carbons (Fsp3) is 0.250. The fourth-order valence-electron chi connectivity index (χ4n) is 2.47. The second-order valence-corrected chi connectivity index (χ2v) is 7.43. The molecule has 1 N–H and O–H groups in total. The predicted molar refractivity (Wildman–Crippen MR) is 90.7 cm³/mol. The quantitative estimate of drug-likeness (QED) is 0.910. The van der Waals surface area contributed by atoms with Gasteiger partial charge < -0.3 is 10.1 Å². The van der Waals surface area contributed by atoms with E-state index in [1.54, 1.807) is 36.5 Å². The van der Waals surface area contributed by atoms with Crippen molar-refractivity contribution in [3.63, 3.8) is 0 Å². The maximum Gasteiger partial charge on any atom is 0.268 e. The second kappa shape index (κ2) is 6.12. The molecule has 1 aromatic heterocycles. The molecule has 0 spiro atoms. The number of benzene rings is 1. The van der Waals surface area contributed by atoms with Gasteiger partial charge in [-0.3, -0.25) is 9.10 Å². The van der Waals surface area contributed by atoms with Crippen molar-refractivity contribution >= 4 is 27.4 Å². The summed E-state index contributed by atoms with van der Waals surface area (Å²) in [4.78, 5) is 16.6. The van der Waals surface area contributed by atoms with Crippen molar-refractivity contribution in [3.05, 3.63) is 48.2 Å². The highest BCUT2D eigenvalue weighted by Gasteiger charge is 2.35. The molecule has 0 saturated heterocycles. The Hall–Kier alpha value is -2.61. The second-order valence-electron chi connectivity index (χ2n) is 5.53. The van der Waals surface area contributed by atoms with Gasteiger partial charge in [-0.05, 0) is 30.7 Å². The summed E-state index contributed by atoms with van der Waals surface area (Å²) in [6.45, 7) is 1.73. The summed E-state index contributed by atoms with van der Waals surface area (Å²) < 4.78 is 31.0. The number of sulfonamides is 1. The van der Waals surface area contributed by atoms with Gasteiger partial charge in [-0.25, -0.2) is 13.4 Å². The fourth-order valence-corrected chi connectivity index (χ4v) is 3.38. The van der Waals surface area contributed by atoms with Gasteiger partial charge in [-0.2, -0.15) is 0 Å². The van der Waals surface area contributed by atoms with Crippen LogP contribution >= 0.6 is 0 Å². The van der Waals surface area contributed by atoms with E-state index >= 15 is 0 Å². The summed E-state index contributed by atoms with van der Waals surface area (Å²) in [6, 6.07) is 10.3. The van der Waals surface area contributed by atoms with Crippen LogP contribution in [0.25, 0.3) is 0 Å². The number of hydrogen-bond donors (Lipinski definition) is 1. The van der Waals surface area contributed by atoms with Crippen LogP contribution in [-0.2, 0) is 14.8 Å². The molecule has 0 saturated carbocycles. The van der Waals surface area contributed by atoms with Gasteiger partial charge in [-0.15, -0.1) is 0 Å². The van der Waals surface area contributed by atoms with Gasteiger partial charge in [0.2, 0.25) is 10.0 Å². The molecule has 0 radical (unpaired) electrons. The molecule has 0 fully saturated rings. The van der Waals surface area contributed by atoms with Crippen LogP contribution in [0.5, 0.6) is 5.75 Å². The number of aryl methyl sites for hydroxylation is 1. The van der Waals surface area contributed by atoms with Crippen molar-refractivity contribution in [2.24, 2.45) is 0 Å². The molecule has 0 unspecified atom stereocenters. The molecule has 2 aromatic rings. The molecule has 1 aromatic carbocycles. The first-order valence-corrected chi connectivity index (χ1v) is 9.17. The number of para-hydroxylation sites is 2. The van der Waals surface area contributed by atoms with E-state index in [1.807, 2.05) is 13.0 Å². The minimum atomic E-state index is -3.53. The van der Waals surface area contributed by atoms with Crippen molar-refractivity contribution in [3.8, 4) is 5.75 Å². The number of carbonyl (C=O) groups is 1. The average Bonchev–Trinajstić information content (AvgIpc) is 2.55. The van der Waals surface area contributed by atoms with Crippen LogP contribution in [0, 0.1) is 6.92 Å². The van der Waals surface area contributed by atoms with E-state index in [9.17, 15) is 13.2 Å². The molecule has 1 atom stereocenters. The first-order chi connectivity index (χ1) is 11.4. The average molecular weight is 347 g/mol. The van der Waals surface area contributed by atoms with Crippen LogP contribution in [0.15, 0.2) is 42.6 Å². The van der Waals surface area contributed by atoms with Gasteiger partial charge in [0.25, 0.3) is 5.91 Å². The van der Waals surface area contributed by atoms with Crippen LogP contribution in [0.2, 0.25) is 0 Å². The summed E-state index contributed by atoms with van der Waals surface area (Å²) in [5.41, 5.74) is 1.24. The van der Waals surface area contributed by atoms with Crippen molar-refractivity contribution in [1.29, 1.82) is 0 Å². The summed E-state index contributed by atoms with van der Waals surface area (Å²) in [7, 11) is -3.53. The summed E-state index contributed by atoms with van der Waals surface area (Å²) in [5.74, 6) is 0.336. The largest absolute Gasteiger partial charge is 0.476 e. The Balaban J connectivity index is 1.88. The zero-order valence-electron chi connectivity index (χ0n) is 13.3. The lowest BCUT2D eigenvalue weighted by Crippen LogP contribution is -2.48. The standard InChI is InChI=1S/C16H17N3O4S/c1-11-6-5-9-17-15(11)18-16(20)14-10-19(24(2,21)22)12-7-3-4-8-13(12)23-14/h3-9,14H,10H2,1-2H3,(H,17,18,20)/t14-/m1/s1. The normalized spacial score (nSPS) is 16.9. The molecule has 2 heterocycles.